The summed E-state index contributed by atoms with van der Waals surface area (Å²) in [4.78, 5) is 1.22. The highest BCUT2D eigenvalue weighted by Crippen LogP contribution is 2.31. The second kappa shape index (κ2) is 5.21. The van der Waals surface area contributed by atoms with Gasteiger partial charge >= 0.3 is 0 Å². The second-order valence-corrected chi connectivity index (χ2v) is 6.25. The fraction of sp³-hybridized carbons (Fsp3) is 0.188. The Balaban J connectivity index is 1.80. The SMILES string of the molecule is Fc1ccc(-n2nc(Cc3cccs3)c3c2NCC3)c(F)c1. The third kappa shape index (κ3) is 2.20. The molecule has 2 aromatic heterocycles. The highest BCUT2D eigenvalue weighted by molar-refractivity contribution is 7.09. The van der Waals surface area contributed by atoms with Crippen LogP contribution in [0.4, 0.5) is 14.6 Å². The Hall–Kier alpha value is -2.21. The number of nitrogens with zero attached hydrogens (tertiary/aromatic N) is 2. The Labute approximate surface area is 130 Å². The van der Waals surface area contributed by atoms with Gasteiger partial charge in [0.05, 0.1) is 5.69 Å². The molecule has 0 unspecified atom stereocenters. The summed E-state index contributed by atoms with van der Waals surface area (Å²) >= 11 is 1.68. The molecule has 0 radical (unpaired) electrons. The van der Waals surface area contributed by atoms with E-state index in [0.29, 0.717) is 0 Å². The quantitative estimate of drug-likeness (QED) is 0.797. The van der Waals surface area contributed by atoms with E-state index in [0.717, 1.165) is 42.5 Å². The lowest BCUT2D eigenvalue weighted by atomic mass is 10.1. The van der Waals surface area contributed by atoms with E-state index < -0.39 is 11.6 Å². The van der Waals surface area contributed by atoms with E-state index in [2.05, 4.69) is 16.5 Å². The zero-order chi connectivity index (χ0) is 15.1. The average Bonchev–Trinajstić information content (AvgIpc) is 3.19. The van der Waals surface area contributed by atoms with Gasteiger partial charge in [0.25, 0.3) is 0 Å². The van der Waals surface area contributed by atoms with Gasteiger partial charge in [-0.3, -0.25) is 0 Å². The monoisotopic (exact) mass is 317 g/mol. The van der Waals surface area contributed by atoms with Gasteiger partial charge in [0.15, 0.2) is 5.82 Å². The van der Waals surface area contributed by atoms with Gasteiger partial charge in [-0.15, -0.1) is 11.3 Å². The minimum Gasteiger partial charge on any atom is -0.369 e. The molecule has 4 rings (SSSR count). The minimum absolute atomic E-state index is 0.268. The van der Waals surface area contributed by atoms with Crippen molar-refractivity contribution in [3.8, 4) is 5.69 Å². The van der Waals surface area contributed by atoms with Crippen molar-refractivity contribution in [1.82, 2.24) is 9.78 Å². The Morgan fingerprint density at radius 2 is 2.18 bits per heavy atom. The second-order valence-electron chi connectivity index (χ2n) is 5.21. The van der Waals surface area contributed by atoms with Crippen molar-refractivity contribution in [2.24, 2.45) is 0 Å². The van der Waals surface area contributed by atoms with Crippen molar-refractivity contribution in [1.29, 1.82) is 0 Å². The zero-order valence-corrected chi connectivity index (χ0v) is 12.5. The topological polar surface area (TPSA) is 29.9 Å². The van der Waals surface area contributed by atoms with E-state index in [1.165, 1.54) is 17.0 Å². The molecule has 1 aliphatic rings. The first-order chi connectivity index (χ1) is 10.7. The lowest BCUT2D eigenvalue weighted by Gasteiger charge is -2.07. The fourth-order valence-electron chi connectivity index (χ4n) is 2.79. The van der Waals surface area contributed by atoms with Crippen molar-refractivity contribution in [3.05, 3.63) is 63.5 Å². The highest BCUT2D eigenvalue weighted by Gasteiger charge is 2.24. The molecule has 1 N–H and O–H groups in total. The molecule has 0 atom stereocenters. The van der Waals surface area contributed by atoms with Gasteiger partial charge < -0.3 is 5.32 Å². The molecule has 3 heterocycles. The molecule has 22 heavy (non-hydrogen) atoms. The summed E-state index contributed by atoms with van der Waals surface area (Å²) in [6, 6.07) is 7.64. The van der Waals surface area contributed by atoms with Crippen LogP contribution in [-0.4, -0.2) is 16.3 Å². The molecular formula is C16H13F2N3S. The first-order valence-electron chi connectivity index (χ1n) is 7.05. The third-order valence-electron chi connectivity index (χ3n) is 3.79. The molecule has 0 amide bonds. The van der Waals surface area contributed by atoms with E-state index in [9.17, 15) is 8.78 Å². The number of anilines is 1. The van der Waals surface area contributed by atoms with Crippen LogP contribution in [0.5, 0.6) is 0 Å². The minimum atomic E-state index is -0.610. The van der Waals surface area contributed by atoms with Gasteiger partial charge in [-0.25, -0.2) is 13.5 Å². The van der Waals surface area contributed by atoms with Crippen LogP contribution in [0.2, 0.25) is 0 Å². The van der Waals surface area contributed by atoms with E-state index in [4.69, 9.17) is 0 Å². The lowest BCUT2D eigenvalue weighted by Crippen LogP contribution is -2.07. The molecule has 3 aromatic rings. The molecule has 1 aliphatic heterocycles. The Morgan fingerprint density at radius 1 is 1.27 bits per heavy atom. The largest absolute Gasteiger partial charge is 0.369 e. The molecule has 0 saturated heterocycles. The lowest BCUT2D eigenvalue weighted by molar-refractivity contribution is 0.573. The van der Waals surface area contributed by atoms with Gasteiger partial charge in [-0.1, -0.05) is 6.07 Å². The molecular weight excluding hydrogens is 304 g/mol. The summed E-state index contributed by atoms with van der Waals surface area (Å²) in [5.41, 5.74) is 2.34. The van der Waals surface area contributed by atoms with Gasteiger partial charge in [0, 0.05) is 29.5 Å². The van der Waals surface area contributed by atoms with Crippen LogP contribution >= 0.6 is 11.3 Å². The maximum Gasteiger partial charge on any atom is 0.151 e. The number of benzene rings is 1. The van der Waals surface area contributed by atoms with Gasteiger partial charge in [0.2, 0.25) is 0 Å². The van der Waals surface area contributed by atoms with Crippen molar-refractivity contribution in [3.63, 3.8) is 0 Å². The smallest absolute Gasteiger partial charge is 0.151 e. The molecule has 0 spiro atoms. The number of halogens is 2. The van der Waals surface area contributed by atoms with Crippen molar-refractivity contribution < 1.29 is 8.78 Å². The third-order valence-corrected chi connectivity index (χ3v) is 4.67. The average molecular weight is 317 g/mol. The molecule has 0 fully saturated rings. The summed E-state index contributed by atoms with van der Waals surface area (Å²) in [6.45, 7) is 0.813. The molecule has 6 heteroatoms. The maximum absolute atomic E-state index is 14.1. The summed E-state index contributed by atoms with van der Waals surface area (Å²) in [6.07, 6.45) is 1.61. The molecule has 3 nitrogen and oxygen atoms in total. The van der Waals surface area contributed by atoms with Gasteiger partial charge in [0.1, 0.15) is 17.3 Å². The number of hydrogen-bond donors (Lipinski definition) is 1. The summed E-state index contributed by atoms with van der Waals surface area (Å²) in [5.74, 6) is -0.379. The number of nitrogens with one attached hydrogen (secondary N) is 1. The molecule has 0 aliphatic carbocycles. The highest BCUT2D eigenvalue weighted by atomic mass is 32.1. The Bertz CT molecular complexity index is 824. The standard InChI is InChI=1S/C16H13F2N3S/c17-10-3-4-15(13(18)8-10)21-16-12(5-6-19-16)14(20-21)9-11-2-1-7-22-11/h1-4,7-8,19H,5-6,9H2. The van der Waals surface area contributed by atoms with Crippen molar-refractivity contribution in [2.75, 3.05) is 11.9 Å². The van der Waals surface area contributed by atoms with Crippen molar-refractivity contribution >= 4 is 17.2 Å². The zero-order valence-electron chi connectivity index (χ0n) is 11.6. The van der Waals surface area contributed by atoms with E-state index in [1.807, 2.05) is 11.4 Å². The molecule has 0 bridgehead atoms. The van der Waals surface area contributed by atoms with Gasteiger partial charge in [-0.05, 0) is 30.0 Å². The summed E-state index contributed by atoms with van der Waals surface area (Å²) in [5, 5.41) is 9.85. The Morgan fingerprint density at radius 3 is 2.95 bits per heavy atom. The normalized spacial score (nSPS) is 13.2. The number of aromatic nitrogens is 2. The van der Waals surface area contributed by atoms with Crippen LogP contribution in [-0.2, 0) is 12.8 Å². The predicted octanol–water partition coefficient (Wildman–Crippen LogP) is 3.77. The van der Waals surface area contributed by atoms with Gasteiger partial charge in [-0.2, -0.15) is 5.10 Å². The van der Waals surface area contributed by atoms with Crippen molar-refractivity contribution in [2.45, 2.75) is 12.8 Å². The van der Waals surface area contributed by atoms with Crippen LogP contribution in [0, 0.1) is 11.6 Å². The number of rotatable bonds is 3. The maximum atomic E-state index is 14.1. The van der Waals surface area contributed by atoms with E-state index in [1.54, 1.807) is 16.0 Å². The van der Waals surface area contributed by atoms with E-state index in [-0.39, 0.29) is 5.69 Å². The first-order valence-corrected chi connectivity index (χ1v) is 7.93. The van der Waals surface area contributed by atoms with Crippen LogP contribution < -0.4 is 5.32 Å². The van der Waals surface area contributed by atoms with E-state index >= 15 is 0 Å². The predicted molar refractivity (Wildman–Crippen MR) is 82.8 cm³/mol. The molecule has 1 aromatic carbocycles. The summed E-state index contributed by atoms with van der Waals surface area (Å²) in [7, 11) is 0. The number of hydrogen-bond acceptors (Lipinski definition) is 3. The molecule has 112 valence electrons. The van der Waals surface area contributed by atoms with Crippen LogP contribution in [0.3, 0.4) is 0 Å². The number of fused-ring (bicyclic) bond motifs is 1. The van der Waals surface area contributed by atoms with Crippen LogP contribution in [0.25, 0.3) is 5.69 Å². The Kier molecular flexibility index (Phi) is 3.18. The van der Waals surface area contributed by atoms with Crippen LogP contribution in [0.15, 0.2) is 35.7 Å². The molecule has 0 saturated carbocycles. The first kappa shape index (κ1) is 13.5. The number of thiophene rings is 1. The fourth-order valence-corrected chi connectivity index (χ4v) is 3.50. The van der Waals surface area contributed by atoms with Crippen LogP contribution in [0.1, 0.15) is 16.1 Å². The summed E-state index contributed by atoms with van der Waals surface area (Å²) < 4.78 is 28.7.